The Hall–Kier alpha value is -4.13. The van der Waals surface area contributed by atoms with Crippen molar-refractivity contribution in [2.24, 2.45) is 0 Å². The molecule has 0 aliphatic heterocycles. The molecule has 7 nitrogen and oxygen atoms in total. The van der Waals surface area contributed by atoms with Crippen LogP contribution >= 0.6 is 0 Å². The zero-order valence-corrected chi connectivity index (χ0v) is 17.2. The molecule has 0 saturated heterocycles. The van der Waals surface area contributed by atoms with Gasteiger partial charge in [0, 0.05) is 11.3 Å². The van der Waals surface area contributed by atoms with Gasteiger partial charge in [-0.25, -0.2) is 4.79 Å². The Kier molecular flexibility index (Phi) is 7.01. The van der Waals surface area contributed by atoms with Gasteiger partial charge in [0.25, 0.3) is 11.8 Å². The summed E-state index contributed by atoms with van der Waals surface area (Å²) in [7, 11) is 1.27. The molecule has 0 aliphatic rings. The van der Waals surface area contributed by atoms with Crippen molar-refractivity contribution in [2.75, 3.05) is 24.4 Å². The van der Waals surface area contributed by atoms with Crippen molar-refractivity contribution in [3.8, 4) is 5.75 Å². The van der Waals surface area contributed by atoms with Crippen LogP contribution in [0.1, 0.15) is 26.3 Å². The van der Waals surface area contributed by atoms with Gasteiger partial charge in [0.2, 0.25) is 0 Å². The van der Waals surface area contributed by atoms with E-state index in [0.717, 1.165) is 5.56 Å². The fraction of sp³-hybridized carbons (Fsp3) is 0.125. The molecule has 3 aromatic rings. The highest BCUT2D eigenvalue weighted by Crippen LogP contribution is 2.19. The van der Waals surface area contributed by atoms with Crippen LogP contribution in [-0.2, 0) is 9.53 Å². The Balaban J connectivity index is 1.64. The summed E-state index contributed by atoms with van der Waals surface area (Å²) in [5, 5.41) is 5.40. The number of esters is 1. The Bertz CT molecular complexity index is 1110. The Morgan fingerprint density at radius 2 is 1.65 bits per heavy atom. The lowest BCUT2D eigenvalue weighted by molar-refractivity contribution is -0.118. The van der Waals surface area contributed by atoms with Gasteiger partial charge in [0.15, 0.2) is 6.61 Å². The molecule has 0 atom stereocenters. The van der Waals surface area contributed by atoms with Crippen LogP contribution in [0.3, 0.4) is 0 Å². The Morgan fingerprint density at radius 1 is 0.871 bits per heavy atom. The molecule has 2 amide bonds. The van der Waals surface area contributed by atoms with Gasteiger partial charge in [0.1, 0.15) is 5.75 Å². The van der Waals surface area contributed by atoms with Crippen LogP contribution in [0.15, 0.2) is 72.8 Å². The number of nitrogens with one attached hydrogen (secondary N) is 2. The third-order valence-corrected chi connectivity index (χ3v) is 4.35. The van der Waals surface area contributed by atoms with E-state index >= 15 is 0 Å². The summed E-state index contributed by atoms with van der Waals surface area (Å²) < 4.78 is 10.2. The van der Waals surface area contributed by atoms with Crippen LogP contribution in [0.4, 0.5) is 11.4 Å². The molecule has 0 fully saturated rings. The standard InChI is InChI=1S/C24H22N2O5/c1-16-7-5-10-19(13-16)31-15-22(27)25-18-9-6-8-17(14-18)23(28)26-21-12-4-3-11-20(21)24(29)30-2/h3-14H,15H2,1-2H3,(H,25,27)(H,26,28). The second-order valence-corrected chi connectivity index (χ2v) is 6.73. The van der Waals surface area contributed by atoms with Gasteiger partial charge in [-0.3, -0.25) is 9.59 Å². The van der Waals surface area contributed by atoms with Crippen molar-refractivity contribution in [1.29, 1.82) is 0 Å². The number of rotatable bonds is 7. The van der Waals surface area contributed by atoms with Crippen molar-refractivity contribution in [1.82, 2.24) is 0 Å². The van der Waals surface area contributed by atoms with E-state index in [9.17, 15) is 14.4 Å². The van der Waals surface area contributed by atoms with Crippen molar-refractivity contribution in [3.05, 3.63) is 89.5 Å². The SMILES string of the molecule is COC(=O)c1ccccc1NC(=O)c1cccc(NC(=O)COc2cccc(C)c2)c1. The minimum atomic E-state index is -0.550. The third kappa shape index (κ3) is 5.93. The van der Waals surface area contributed by atoms with Crippen molar-refractivity contribution in [3.63, 3.8) is 0 Å². The number of para-hydroxylation sites is 1. The number of carbonyl (C=O) groups excluding carboxylic acids is 3. The molecule has 3 aromatic carbocycles. The average Bonchev–Trinajstić information content (AvgIpc) is 2.78. The lowest BCUT2D eigenvalue weighted by atomic mass is 10.1. The molecule has 0 aliphatic carbocycles. The third-order valence-electron chi connectivity index (χ3n) is 4.35. The van der Waals surface area contributed by atoms with Crippen LogP contribution in [-0.4, -0.2) is 31.5 Å². The van der Waals surface area contributed by atoms with Gasteiger partial charge in [-0.05, 0) is 55.0 Å². The number of methoxy groups -OCH3 is 1. The highest BCUT2D eigenvalue weighted by atomic mass is 16.5. The number of carbonyl (C=O) groups is 3. The van der Waals surface area contributed by atoms with E-state index in [0.29, 0.717) is 22.7 Å². The molecule has 0 radical (unpaired) electrons. The molecule has 2 N–H and O–H groups in total. The molecule has 0 bridgehead atoms. The highest BCUT2D eigenvalue weighted by molar-refractivity contribution is 6.08. The molecule has 0 unspecified atom stereocenters. The first-order valence-electron chi connectivity index (χ1n) is 9.54. The molecule has 3 rings (SSSR count). The fourth-order valence-corrected chi connectivity index (χ4v) is 2.86. The molecule has 0 spiro atoms. The molecule has 7 heteroatoms. The van der Waals surface area contributed by atoms with Crippen molar-refractivity contribution >= 4 is 29.2 Å². The van der Waals surface area contributed by atoms with Crippen LogP contribution in [0.5, 0.6) is 5.75 Å². The van der Waals surface area contributed by atoms with E-state index in [4.69, 9.17) is 9.47 Å². The summed E-state index contributed by atoms with van der Waals surface area (Å²) in [6, 6.07) is 20.4. The normalized spacial score (nSPS) is 10.1. The van der Waals surface area contributed by atoms with Gasteiger partial charge in [0.05, 0.1) is 18.4 Å². The van der Waals surface area contributed by atoms with E-state index in [1.165, 1.54) is 7.11 Å². The summed E-state index contributed by atoms with van der Waals surface area (Å²) in [4.78, 5) is 36.7. The van der Waals surface area contributed by atoms with Crippen LogP contribution in [0, 0.1) is 6.92 Å². The van der Waals surface area contributed by atoms with Crippen molar-refractivity contribution in [2.45, 2.75) is 6.92 Å². The summed E-state index contributed by atoms with van der Waals surface area (Å²) >= 11 is 0. The predicted octanol–water partition coefficient (Wildman–Crippen LogP) is 4.05. The van der Waals surface area contributed by atoms with Gasteiger partial charge < -0.3 is 20.1 Å². The van der Waals surface area contributed by atoms with Crippen LogP contribution in [0.2, 0.25) is 0 Å². The average molecular weight is 418 g/mol. The van der Waals surface area contributed by atoms with E-state index < -0.39 is 11.9 Å². The first kappa shape index (κ1) is 21.6. The second-order valence-electron chi connectivity index (χ2n) is 6.73. The largest absolute Gasteiger partial charge is 0.484 e. The first-order valence-corrected chi connectivity index (χ1v) is 9.54. The Labute approximate surface area is 180 Å². The lowest BCUT2D eigenvalue weighted by Crippen LogP contribution is -2.20. The monoisotopic (exact) mass is 418 g/mol. The van der Waals surface area contributed by atoms with E-state index in [-0.39, 0.29) is 18.1 Å². The maximum absolute atomic E-state index is 12.7. The molecular weight excluding hydrogens is 396 g/mol. The second kappa shape index (κ2) is 10.1. The van der Waals surface area contributed by atoms with Crippen LogP contribution in [0.25, 0.3) is 0 Å². The number of ether oxygens (including phenoxy) is 2. The molecule has 31 heavy (non-hydrogen) atoms. The minimum Gasteiger partial charge on any atom is -0.484 e. The zero-order valence-electron chi connectivity index (χ0n) is 17.2. The van der Waals surface area contributed by atoms with E-state index in [2.05, 4.69) is 10.6 Å². The molecule has 158 valence electrons. The lowest BCUT2D eigenvalue weighted by Gasteiger charge is -2.11. The number of amides is 2. The molecule has 0 saturated carbocycles. The summed E-state index contributed by atoms with van der Waals surface area (Å²) in [5.74, 6) is -0.725. The zero-order chi connectivity index (χ0) is 22.2. The topological polar surface area (TPSA) is 93.7 Å². The summed E-state index contributed by atoms with van der Waals surface area (Å²) in [6.45, 7) is 1.78. The number of benzene rings is 3. The van der Waals surface area contributed by atoms with Gasteiger partial charge in [-0.15, -0.1) is 0 Å². The molecule has 0 aromatic heterocycles. The Morgan fingerprint density at radius 3 is 2.42 bits per heavy atom. The maximum Gasteiger partial charge on any atom is 0.339 e. The van der Waals surface area contributed by atoms with Gasteiger partial charge >= 0.3 is 5.97 Å². The maximum atomic E-state index is 12.7. The highest BCUT2D eigenvalue weighted by Gasteiger charge is 2.15. The number of hydrogen-bond acceptors (Lipinski definition) is 5. The fourth-order valence-electron chi connectivity index (χ4n) is 2.86. The smallest absolute Gasteiger partial charge is 0.339 e. The van der Waals surface area contributed by atoms with Gasteiger partial charge in [-0.1, -0.05) is 30.3 Å². The number of aryl methyl sites for hydroxylation is 1. The predicted molar refractivity (Wildman–Crippen MR) is 117 cm³/mol. The quantitative estimate of drug-likeness (QED) is 0.565. The summed E-state index contributed by atoms with van der Waals surface area (Å²) in [5.41, 5.74) is 2.38. The van der Waals surface area contributed by atoms with E-state index in [1.54, 1.807) is 54.6 Å². The minimum absolute atomic E-state index is 0.160. The number of anilines is 2. The van der Waals surface area contributed by atoms with E-state index in [1.807, 2.05) is 25.1 Å². The molecular formula is C24H22N2O5. The first-order chi connectivity index (χ1) is 15.0. The number of hydrogen-bond donors (Lipinski definition) is 2. The summed E-state index contributed by atoms with van der Waals surface area (Å²) in [6.07, 6.45) is 0. The van der Waals surface area contributed by atoms with Crippen LogP contribution < -0.4 is 15.4 Å². The van der Waals surface area contributed by atoms with Gasteiger partial charge in [-0.2, -0.15) is 0 Å². The molecule has 0 heterocycles. The van der Waals surface area contributed by atoms with Crippen molar-refractivity contribution < 1.29 is 23.9 Å².